The largest absolute Gasteiger partial charge is 0.444 e. The van der Waals surface area contributed by atoms with Gasteiger partial charge in [0.15, 0.2) is 0 Å². The number of aliphatic imine (C=N–C) groups is 1. The first kappa shape index (κ1) is 26.0. The Bertz CT molecular complexity index is 884. The third-order valence-electron chi connectivity index (χ3n) is 4.48. The molecule has 0 aromatic heterocycles. The maximum absolute atomic E-state index is 12.2. The van der Waals surface area contributed by atoms with Crippen molar-refractivity contribution in [3.05, 3.63) is 24.3 Å². The predicted molar refractivity (Wildman–Crippen MR) is 128 cm³/mol. The molecule has 1 atom stereocenters. The van der Waals surface area contributed by atoms with Gasteiger partial charge in [-0.25, -0.2) is 9.59 Å². The number of carbonyl (C=O) groups is 3. The topological polar surface area (TPSA) is 121 Å². The summed E-state index contributed by atoms with van der Waals surface area (Å²) in [6, 6.07) is 7.07. The number of benzene rings is 1. The molecule has 10 heteroatoms. The molecule has 0 saturated carbocycles. The summed E-state index contributed by atoms with van der Waals surface area (Å²) in [4.78, 5) is 42.5. The molecule has 1 aromatic carbocycles. The van der Waals surface area contributed by atoms with E-state index in [1.165, 1.54) is 0 Å². The van der Waals surface area contributed by atoms with Crippen molar-refractivity contribution in [1.29, 1.82) is 0 Å². The van der Waals surface area contributed by atoms with Crippen LogP contribution in [0.1, 0.15) is 54.4 Å². The van der Waals surface area contributed by atoms with Gasteiger partial charge in [0.25, 0.3) is 0 Å². The number of hydrogen-bond acceptors (Lipinski definition) is 6. The predicted octanol–water partition coefficient (Wildman–Crippen LogP) is 3.63. The number of alkyl carbamates (subject to hydrolysis) is 1. The summed E-state index contributed by atoms with van der Waals surface area (Å²) < 4.78 is 10.5. The van der Waals surface area contributed by atoms with Crippen LogP contribution < -0.4 is 20.9 Å². The van der Waals surface area contributed by atoms with Crippen molar-refractivity contribution in [2.45, 2.75) is 71.6 Å². The van der Waals surface area contributed by atoms with Gasteiger partial charge in [-0.3, -0.25) is 10.1 Å². The van der Waals surface area contributed by atoms with Crippen LogP contribution in [0.15, 0.2) is 29.3 Å². The second-order valence-corrected chi connectivity index (χ2v) is 9.71. The lowest BCUT2D eigenvalue weighted by molar-refractivity contribution is -0.121. The maximum Gasteiger partial charge on any atom is 0.437 e. The van der Waals surface area contributed by atoms with Crippen molar-refractivity contribution in [3.63, 3.8) is 0 Å². The van der Waals surface area contributed by atoms with Gasteiger partial charge in [-0.15, -0.1) is 4.99 Å². The van der Waals surface area contributed by atoms with E-state index in [4.69, 9.17) is 9.47 Å². The summed E-state index contributed by atoms with van der Waals surface area (Å²) >= 11 is 0. The van der Waals surface area contributed by atoms with E-state index >= 15 is 0 Å². The number of amides is 3. The summed E-state index contributed by atoms with van der Waals surface area (Å²) in [6.45, 7) is 11.1. The highest BCUT2D eigenvalue weighted by Crippen LogP contribution is 2.27. The summed E-state index contributed by atoms with van der Waals surface area (Å²) in [5, 5.41) is 8.07. The molecule has 1 fully saturated rings. The fourth-order valence-electron chi connectivity index (χ4n) is 3.25. The highest BCUT2D eigenvalue weighted by atomic mass is 16.6. The average Bonchev–Trinajstić information content (AvgIpc) is 3.14. The van der Waals surface area contributed by atoms with Crippen LogP contribution in [-0.4, -0.2) is 54.9 Å². The van der Waals surface area contributed by atoms with Crippen LogP contribution in [0.4, 0.5) is 21.0 Å². The highest BCUT2D eigenvalue weighted by molar-refractivity contribution is 6.06. The molecule has 0 spiro atoms. The lowest BCUT2D eigenvalue weighted by Gasteiger charge is -2.25. The van der Waals surface area contributed by atoms with Crippen LogP contribution in [0.3, 0.4) is 0 Å². The number of carbonyl (C=O) groups excluding carboxylic acids is 3. The minimum Gasteiger partial charge on any atom is -0.444 e. The molecule has 1 aromatic rings. The van der Waals surface area contributed by atoms with E-state index in [-0.39, 0.29) is 17.9 Å². The van der Waals surface area contributed by atoms with Gasteiger partial charge in [0, 0.05) is 25.0 Å². The van der Waals surface area contributed by atoms with E-state index in [0.717, 1.165) is 25.1 Å². The van der Waals surface area contributed by atoms with Crippen LogP contribution in [0, 0.1) is 0 Å². The van der Waals surface area contributed by atoms with E-state index < -0.39 is 23.4 Å². The van der Waals surface area contributed by atoms with Gasteiger partial charge >= 0.3 is 12.2 Å². The molecule has 3 amide bonds. The van der Waals surface area contributed by atoms with Gasteiger partial charge < -0.3 is 25.0 Å². The molecule has 3 N–H and O–H groups in total. The van der Waals surface area contributed by atoms with E-state index in [0.29, 0.717) is 5.69 Å². The van der Waals surface area contributed by atoms with Gasteiger partial charge in [0.1, 0.15) is 17.2 Å². The molecule has 1 saturated heterocycles. The lowest BCUT2D eigenvalue weighted by atomic mass is 10.2. The zero-order valence-electron chi connectivity index (χ0n) is 20.4. The number of likely N-dealkylation sites (N-methyl/N-ethyl adjacent to an activating group) is 1. The third-order valence-corrected chi connectivity index (χ3v) is 4.48. The Hall–Kier alpha value is -3.30. The summed E-state index contributed by atoms with van der Waals surface area (Å²) in [5.74, 6) is -0.140. The second kappa shape index (κ2) is 10.5. The minimum absolute atomic E-state index is 0.0111. The second-order valence-electron chi connectivity index (χ2n) is 9.71. The van der Waals surface area contributed by atoms with Gasteiger partial charge in [0.05, 0.1) is 0 Å². The van der Waals surface area contributed by atoms with Gasteiger partial charge in [-0.05, 0) is 78.6 Å². The molecular weight excluding hydrogens is 426 g/mol. The van der Waals surface area contributed by atoms with Crippen molar-refractivity contribution < 1.29 is 23.9 Å². The van der Waals surface area contributed by atoms with E-state index in [2.05, 4.69) is 25.8 Å². The fraction of sp³-hybridized carbons (Fsp3) is 0.565. The number of ether oxygens (including phenoxy) is 2. The van der Waals surface area contributed by atoms with Crippen LogP contribution in [-0.2, 0) is 14.3 Å². The molecule has 0 bridgehead atoms. The third kappa shape index (κ3) is 8.63. The van der Waals surface area contributed by atoms with Crippen LogP contribution >= 0.6 is 0 Å². The van der Waals surface area contributed by atoms with Crippen LogP contribution in [0.5, 0.6) is 0 Å². The Balaban J connectivity index is 2.18. The maximum atomic E-state index is 12.2. The van der Waals surface area contributed by atoms with Crippen LogP contribution in [0.2, 0.25) is 0 Å². The smallest absolute Gasteiger partial charge is 0.437 e. The Morgan fingerprint density at radius 3 is 2.15 bits per heavy atom. The number of rotatable bonds is 3. The Labute approximate surface area is 195 Å². The van der Waals surface area contributed by atoms with Gasteiger partial charge in [-0.2, -0.15) is 0 Å². The standard InChI is InChI=1S/C23H35N5O5/c1-22(2,3)32-20(30)26-19(27-21(31)33-23(4,5)6)25-15-10-12-16(13-11-15)28-14-8-9-17(28)18(29)24-7/h10-13,17H,8-9,14H2,1-7H3,(H,24,29)(H2,25,26,27,30,31)/t17-/m1/s1. The SMILES string of the molecule is CNC(=O)[C@H]1CCCN1c1ccc(N/C(=N\C(=O)OC(C)(C)C)NC(=O)OC(C)(C)C)cc1. The molecule has 33 heavy (non-hydrogen) atoms. The van der Waals surface area contributed by atoms with Gasteiger partial charge in [-0.1, -0.05) is 0 Å². The Morgan fingerprint density at radius 1 is 1.00 bits per heavy atom. The summed E-state index contributed by atoms with van der Waals surface area (Å²) in [5.41, 5.74) is 0.0148. The van der Waals surface area contributed by atoms with Crippen molar-refractivity contribution in [3.8, 4) is 0 Å². The molecular formula is C23H35N5O5. The normalized spacial score (nSPS) is 16.8. The minimum atomic E-state index is -0.858. The quantitative estimate of drug-likeness (QED) is 0.464. The first-order chi connectivity index (χ1) is 15.3. The number of hydrogen-bond donors (Lipinski definition) is 3. The first-order valence-corrected chi connectivity index (χ1v) is 10.9. The molecule has 182 valence electrons. The molecule has 1 aliphatic rings. The molecule has 0 unspecified atom stereocenters. The van der Waals surface area contributed by atoms with E-state index in [1.807, 2.05) is 12.1 Å². The van der Waals surface area contributed by atoms with Crippen LogP contribution in [0.25, 0.3) is 0 Å². The Morgan fingerprint density at radius 2 is 1.61 bits per heavy atom. The Kier molecular flexibility index (Phi) is 8.29. The molecule has 0 aliphatic carbocycles. The highest BCUT2D eigenvalue weighted by Gasteiger charge is 2.30. The summed E-state index contributed by atoms with van der Waals surface area (Å²) in [7, 11) is 1.63. The molecule has 0 radical (unpaired) electrons. The fourth-order valence-corrected chi connectivity index (χ4v) is 3.25. The molecule has 1 aliphatic heterocycles. The van der Waals surface area contributed by atoms with Gasteiger partial charge in [0.2, 0.25) is 11.9 Å². The zero-order chi connectivity index (χ0) is 24.8. The monoisotopic (exact) mass is 461 g/mol. The first-order valence-electron chi connectivity index (χ1n) is 10.9. The van der Waals surface area contributed by atoms with E-state index in [1.54, 1.807) is 60.7 Å². The number of guanidine groups is 1. The number of anilines is 2. The lowest BCUT2D eigenvalue weighted by Crippen LogP contribution is -2.42. The van der Waals surface area contributed by atoms with Crippen molar-refractivity contribution >= 4 is 35.4 Å². The summed E-state index contributed by atoms with van der Waals surface area (Å²) in [6.07, 6.45) is 0.110. The van der Waals surface area contributed by atoms with Crippen molar-refractivity contribution in [2.24, 2.45) is 4.99 Å². The average molecular weight is 462 g/mol. The number of nitrogens with zero attached hydrogens (tertiary/aromatic N) is 2. The molecule has 1 heterocycles. The zero-order valence-corrected chi connectivity index (χ0v) is 20.4. The van der Waals surface area contributed by atoms with Crippen molar-refractivity contribution in [1.82, 2.24) is 10.6 Å². The molecule has 2 rings (SSSR count). The number of nitrogens with one attached hydrogen (secondary N) is 3. The van der Waals surface area contributed by atoms with E-state index in [9.17, 15) is 14.4 Å². The molecule has 10 nitrogen and oxygen atoms in total. The van der Waals surface area contributed by atoms with Crippen molar-refractivity contribution in [2.75, 3.05) is 23.8 Å².